The lowest BCUT2D eigenvalue weighted by molar-refractivity contribution is 0.430. The number of rotatable bonds is 4. The van der Waals surface area contributed by atoms with Crippen LogP contribution in [0.5, 0.6) is 0 Å². The molecule has 1 N–H and O–H groups in total. The number of thiazole rings is 1. The maximum atomic E-state index is 4.62. The molecule has 0 saturated carbocycles. The van der Waals surface area contributed by atoms with Crippen molar-refractivity contribution in [2.75, 3.05) is 24.5 Å². The van der Waals surface area contributed by atoms with Crippen LogP contribution in [0.2, 0.25) is 0 Å². The molecule has 3 nitrogen and oxygen atoms in total. The van der Waals surface area contributed by atoms with E-state index in [2.05, 4.69) is 34.4 Å². The van der Waals surface area contributed by atoms with Crippen LogP contribution >= 0.6 is 11.3 Å². The van der Waals surface area contributed by atoms with Gasteiger partial charge in [-0.25, -0.2) is 4.98 Å². The average molecular weight is 239 g/mol. The Labute approximate surface area is 102 Å². The minimum absolute atomic E-state index is 0.638. The summed E-state index contributed by atoms with van der Waals surface area (Å²) in [7, 11) is 0. The van der Waals surface area contributed by atoms with Crippen LogP contribution in [0.15, 0.2) is 5.38 Å². The number of aromatic nitrogens is 1. The van der Waals surface area contributed by atoms with Gasteiger partial charge in [-0.15, -0.1) is 11.3 Å². The molecule has 0 aromatic carbocycles. The monoisotopic (exact) mass is 239 g/mol. The Balaban J connectivity index is 2.09. The normalized spacial score (nSPS) is 21.0. The first-order chi connectivity index (χ1) is 7.81. The average Bonchev–Trinajstić information content (AvgIpc) is 2.74. The summed E-state index contributed by atoms with van der Waals surface area (Å²) < 4.78 is 0. The van der Waals surface area contributed by atoms with E-state index in [-0.39, 0.29) is 0 Å². The summed E-state index contributed by atoms with van der Waals surface area (Å²) in [5.74, 6) is 0. The molecule has 1 aliphatic heterocycles. The summed E-state index contributed by atoms with van der Waals surface area (Å²) in [4.78, 5) is 7.11. The molecule has 4 heteroatoms. The highest BCUT2D eigenvalue weighted by Crippen LogP contribution is 2.24. The Morgan fingerprint density at radius 3 is 3.06 bits per heavy atom. The second-order valence-corrected chi connectivity index (χ2v) is 5.30. The van der Waals surface area contributed by atoms with Crippen LogP contribution in [0, 0.1) is 6.92 Å². The minimum atomic E-state index is 0.638. The summed E-state index contributed by atoms with van der Waals surface area (Å²) in [6, 6.07) is 0.638. The maximum Gasteiger partial charge on any atom is 0.185 e. The third-order valence-corrected chi connectivity index (χ3v) is 4.02. The first kappa shape index (κ1) is 11.9. The van der Waals surface area contributed by atoms with Crippen molar-refractivity contribution in [3.63, 3.8) is 0 Å². The van der Waals surface area contributed by atoms with E-state index in [0.717, 1.165) is 18.8 Å². The fraction of sp³-hybridized carbons (Fsp3) is 0.750. The molecule has 1 aliphatic rings. The third-order valence-electron chi connectivity index (χ3n) is 3.03. The van der Waals surface area contributed by atoms with Crippen molar-refractivity contribution in [1.82, 2.24) is 10.3 Å². The lowest BCUT2D eigenvalue weighted by Gasteiger charge is -2.34. The van der Waals surface area contributed by atoms with Gasteiger partial charge in [-0.3, -0.25) is 0 Å². The van der Waals surface area contributed by atoms with E-state index in [4.69, 9.17) is 0 Å². The highest BCUT2D eigenvalue weighted by atomic mass is 32.1. The molecule has 16 heavy (non-hydrogen) atoms. The molecule has 1 aromatic rings. The molecule has 0 amide bonds. The Kier molecular flexibility index (Phi) is 4.18. The maximum absolute atomic E-state index is 4.62. The number of hydrogen-bond acceptors (Lipinski definition) is 4. The Hall–Kier alpha value is -0.610. The van der Waals surface area contributed by atoms with Gasteiger partial charge in [-0.05, 0) is 32.7 Å². The fourth-order valence-electron chi connectivity index (χ4n) is 2.25. The Morgan fingerprint density at radius 1 is 1.62 bits per heavy atom. The fourth-order valence-corrected chi connectivity index (χ4v) is 3.15. The van der Waals surface area contributed by atoms with Crippen molar-refractivity contribution in [1.29, 1.82) is 0 Å². The zero-order chi connectivity index (χ0) is 11.4. The van der Waals surface area contributed by atoms with Crippen molar-refractivity contribution in [3.8, 4) is 0 Å². The standard InChI is InChI=1S/C12H21N3S/c1-3-7-15(11-5-4-6-13-8-11)12-14-10(2)9-16-12/h9,11,13H,3-8H2,1-2H3. The highest BCUT2D eigenvalue weighted by Gasteiger charge is 2.22. The molecule has 90 valence electrons. The van der Waals surface area contributed by atoms with Crippen LogP contribution in [-0.4, -0.2) is 30.7 Å². The molecule has 1 unspecified atom stereocenters. The molecule has 1 saturated heterocycles. The van der Waals surface area contributed by atoms with Gasteiger partial charge in [0.25, 0.3) is 0 Å². The van der Waals surface area contributed by atoms with E-state index >= 15 is 0 Å². The number of nitrogens with one attached hydrogen (secondary N) is 1. The van der Waals surface area contributed by atoms with Crippen molar-refractivity contribution < 1.29 is 0 Å². The summed E-state index contributed by atoms with van der Waals surface area (Å²) >= 11 is 1.78. The minimum Gasteiger partial charge on any atom is -0.344 e. The molecule has 0 bridgehead atoms. The van der Waals surface area contributed by atoms with Gasteiger partial charge in [0.2, 0.25) is 0 Å². The van der Waals surface area contributed by atoms with Gasteiger partial charge < -0.3 is 10.2 Å². The molecule has 1 aromatic heterocycles. The second-order valence-electron chi connectivity index (χ2n) is 4.47. The molecular formula is C12H21N3S. The smallest absolute Gasteiger partial charge is 0.185 e. The molecule has 2 heterocycles. The van der Waals surface area contributed by atoms with Crippen LogP contribution in [0.3, 0.4) is 0 Å². The molecular weight excluding hydrogens is 218 g/mol. The largest absolute Gasteiger partial charge is 0.344 e. The number of nitrogens with zero attached hydrogens (tertiary/aromatic N) is 2. The molecule has 1 fully saturated rings. The zero-order valence-electron chi connectivity index (χ0n) is 10.2. The highest BCUT2D eigenvalue weighted by molar-refractivity contribution is 7.13. The third kappa shape index (κ3) is 2.74. The summed E-state index contributed by atoms with van der Waals surface area (Å²) in [6.45, 7) is 7.72. The van der Waals surface area contributed by atoms with Crippen LogP contribution in [0.4, 0.5) is 5.13 Å². The first-order valence-electron chi connectivity index (χ1n) is 6.20. The van der Waals surface area contributed by atoms with Gasteiger partial charge in [0.05, 0.1) is 5.69 Å². The van der Waals surface area contributed by atoms with E-state index in [1.807, 2.05) is 0 Å². The zero-order valence-corrected chi connectivity index (χ0v) is 11.0. The van der Waals surface area contributed by atoms with Gasteiger partial charge in [0.15, 0.2) is 5.13 Å². The SMILES string of the molecule is CCCN(c1nc(C)cs1)C1CCCNC1. The van der Waals surface area contributed by atoms with Crippen molar-refractivity contribution in [2.24, 2.45) is 0 Å². The predicted molar refractivity (Wildman–Crippen MR) is 70.4 cm³/mol. The lowest BCUT2D eigenvalue weighted by Crippen LogP contribution is -2.46. The van der Waals surface area contributed by atoms with Gasteiger partial charge >= 0.3 is 0 Å². The topological polar surface area (TPSA) is 28.2 Å². The Bertz CT molecular complexity index is 318. The number of aryl methyl sites for hydroxylation is 1. The van der Waals surface area contributed by atoms with Crippen LogP contribution in [0.25, 0.3) is 0 Å². The van der Waals surface area contributed by atoms with E-state index in [0.29, 0.717) is 6.04 Å². The van der Waals surface area contributed by atoms with Crippen molar-refractivity contribution in [2.45, 2.75) is 39.2 Å². The predicted octanol–water partition coefficient (Wildman–Crippen LogP) is 2.42. The quantitative estimate of drug-likeness (QED) is 0.874. The number of piperidine rings is 1. The van der Waals surface area contributed by atoms with Crippen LogP contribution in [0.1, 0.15) is 31.9 Å². The van der Waals surface area contributed by atoms with E-state index in [1.54, 1.807) is 11.3 Å². The van der Waals surface area contributed by atoms with E-state index in [1.165, 1.54) is 30.9 Å². The van der Waals surface area contributed by atoms with Gasteiger partial charge in [-0.1, -0.05) is 6.92 Å². The molecule has 0 radical (unpaired) electrons. The number of anilines is 1. The van der Waals surface area contributed by atoms with Gasteiger partial charge in [-0.2, -0.15) is 0 Å². The second kappa shape index (κ2) is 5.64. The van der Waals surface area contributed by atoms with Crippen LogP contribution in [-0.2, 0) is 0 Å². The van der Waals surface area contributed by atoms with Gasteiger partial charge in [0, 0.05) is 24.5 Å². The number of hydrogen-bond donors (Lipinski definition) is 1. The van der Waals surface area contributed by atoms with Crippen molar-refractivity contribution in [3.05, 3.63) is 11.1 Å². The summed E-state index contributed by atoms with van der Waals surface area (Å²) in [5.41, 5.74) is 1.14. The summed E-state index contributed by atoms with van der Waals surface area (Å²) in [5, 5.41) is 6.83. The molecule has 2 rings (SSSR count). The summed E-state index contributed by atoms with van der Waals surface area (Å²) in [6.07, 6.45) is 3.77. The molecule has 0 aliphatic carbocycles. The molecule has 0 spiro atoms. The van der Waals surface area contributed by atoms with Gasteiger partial charge in [0.1, 0.15) is 0 Å². The van der Waals surface area contributed by atoms with Crippen molar-refractivity contribution >= 4 is 16.5 Å². The van der Waals surface area contributed by atoms with E-state index in [9.17, 15) is 0 Å². The molecule has 1 atom stereocenters. The van der Waals surface area contributed by atoms with Crippen LogP contribution < -0.4 is 10.2 Å². The van der Waals surface area contributed by atoms with E-state index < -0.39 is 0 Å². The first-order valence-corrected chi connectivity index (χ1v) is 7.08. The lowest BCUT2D eigenvalue weighted by atomic mass is 10.1. The Morgan fingerprint density at radius 2 is 2.50 bits per heavy atom.